The number of anilines is 1. The van der Waals surface area contributed by atoms with Crippen molar-refractivity contribution in [2.75, 3.05) is 11.9 Å². The monoisotopic (exact) mass is 384 g/mol. The molecule has 7 heteroatoms. The van der Waals surface area contributed by atoms with Gasteiger partial charge in [-0.1, -0.05) is 55.8 Å². The number of hydrogen-bond acceptors (Lipinski definition) is 2. The van der Waals surface area contributed by atoms with Crippen molar-refractivity contribution in [3.8, 4) is 0 Å². The molecule has 1 atom stereocenters. The second kappa shape index (κ2) is 8.56. The molecule has 2 rings (SSSR count). The summed E-state index contributed by atoms with van der Waals surface area (Å²) in [5.74, 6) is -0.241. The lowest BCUT2D eigenvalue weighted by Crippen LogP contribution is -2.33. The van der Waals surface area contributed by atoms with Gasteiger partial charge in [0.2, 0.25) is 5.91 Å². The van der Waals surface area contributed by atoms with Gasteiger partial charge in [0.25, 0.3) is 0 Å². The lowest BCUT2D eigenvalue weighted by molar-refractivity contribution is -0.137. The molecule has 0 aliphatic carbocycles. The molecule has 3 nitrogen and oxygen atoms in total. The molecule has 0 aliphatic rings. The smallest absolute Gasteiger partial charge is 0.324 e. The standard InChI is InChI=1S/C19H20ClF3N2O/c1-12(2)18(13-6-4-3-5-7-13)24-11-17(26)25-16-10-14(19(21,22)23)8-9-15(16)20/h3-10,12,18,24H,11H2,1-2H3,(H,25,26)/t18-/m0/s1. The molecule has 0 saturated heterocycles. The number of carbonyl (C=O) groups is 1. The second-order valence-corrected chi connectivity index (χ2v) is 6.66. The van der Waals surface area contributed by atoms with Gasteiger partial charge in [0.05, 0.1) is 22.8 Å². The van der Waals surface area contributed by atoms with E-state index in [0.717, 1.165) is 23.8 Å². The van der Waals surface area contributed by atoms with Crippen LogP contribution in [0.25, 0.3) is 0 Å². The Hall–Kier alpha value is -2.05. The highest BCUT2D eigenvalue weighted by molar-refractivity contribution is 6.33. The van der Waals surface area contributed by atoms with Crippen molar-refractivity contribution in [1.82, 2.24) is 5.32 Å². The van der Waals surface area contributed by atoms with E-state index in [2.05, 4.69) is 10.6 Å². The topological polar surface area (TPSA) is 41.1 Å². The molecule has 2 aromatic rings. The first kappa shape index (κ1) is 20.3. The fourth-order valence-electron chi connectivity index (χ4n) is 2.59. The number of carbonyl (C=O) groups excluding carboxylic acids is 1. The Kier molecular flexibility index (Phi) is 6.67. The zero-order valence-corrected chi connectivity index (χ0v) is 15.2. The van der Waals surface area contributed by atoms with Gasteiger partial charge in [-0.25, -0.2) is 0 Å². The zero-order chi connectivity index (χ0) is 19.3. The highest BCUT2D eigenvalue weighted by Gasteiger charge is 2.31. The molecule has 2 N–H and O–H groups in total. The Bertz CT molecular complexity index is 748. The quantitative estimate of drug-likeness (QED) is 0.711. The summed E-state index contributed by atoms with van der Waals surface area (Å²) < 4.78 is 38.4. The SMILES string of the molecule is CC(C)[C@H](NCC(=O)Nc1cc(C(F)(F)F)ccc1Cl)c1ccccc1. The van der Waals surface area contributed by atoms with E-state index in [1.165, 1.54) is 0 Å². The van der Waals surface area contributed by atoms with Crippen LogP contribution in [-0.2, 0) is 11.0 Å². The maximum atomic E-state index is 12.8. The lowest BCUT2D eigenvalue weighted by atomic mass is 9.96. The summed E-state index contributed by atoms with van der Waals surface area (Å²) in [7, 11) is 0. The number of hydrogen-bond donors (Lipinski definition) is 2. The summed E-state index contributed by atoms with van der Waals surface area (Å²) >= 11 is 5.90. The van der Waals surface area contributed by atoms with Crippen LogP contribution in [0.2, 0.25) is 5.02 Å². The van der Waals surface area contributed by atoms with Crippen LogP contribution in [0.3, 0.4) is 0 Å². The fraction of sp³-hybridized carbons (Fsp3) is 0.316. The Balaban J connectivity index is 2.04. The van der Waals surface area contributed by atoms with Crippen LogP contribution in [0.15, 0.2) is 48.5 Å². The van der Waals surface area contributed by atoms with E-state index in [1.54, 1.807) is 0 Å². The Morgan fingerprint density at radius 2 is 1.77 bits per heavy atom. The van der Waals surface area contributed by atoms with E-state index < -0.39 is 17.6 Å². The van der Waals surface area contributed by atoms with Crippen molar-refractivity contribution < 1.29 is 18.0 Å². The molecule has 0 heterocycles. The number of benzene rings is 2. The third kappa shape index (κ3) is 5.47. The van der Waals surface area contributed by atoms with Gasteiger partial charge in [-0.05, 0) is 29.7 Å². The average molecular weight is 385 g/mol. The van der Waals surface area contributed by atoms with Crippen LogP contribution in [0.4, 0.5) is 18.9 Å². The number of nitrogens with one attached hydrogen (secondary N) is 2. The maximum Gasteiger partial charge on any atom is 0.416 e. The molecule has 1 amide bonds. The number of alkyl halides is 3. The molecule has 0 fully saturated rings. The van der Waals surface area contributed by atoms with Gasteiger partial charge in [0, 0.05) is 6.04 Å². The van der Waals surface area contributed by atoms with Crippen molar-refractivity contribution >= 4 is 23.2 Å². The maximum absolute atomic E-state index is 12.8. The first-order chi connectivity index (χ1) is 12.2. The highest BCUT2D eigenvalue weighted by Crippen LogP contribution is 2.33. The first-order valence-corrected chi connectivity index (χ1v) is 8.51. The first-order valence-electron chi connectivity index (χ1n) is 8.13. The van der Waals surface area contributed by atoms with Gasteiger partial charge in [-0.2, -0.15) is 13.2 Å². The minimum Gasteiger partial charge on any atom is -0.324 e. The lowest BCUT2D eigenvalue weighted by Gasteiger charge is -2.23. The normalized spacial score (nSPS) is 12.9. The predicted octanol–water partition coefficient (Wildman–Crippen LogP) is 5.28. The summed E-state index contributed by atoms with van der Waals surface area (Å²) in [6.45, 7) is 3.99. The molecule has 0 bridgehead atoms. The number of halogens is 4. The zero-order valence-electron chi connectivity index (χ0n) is 14.4. The summed E-state index contributed by atoms with van der Waals surface area (Å²) in [6.07, 6.45) is -4.50. The molecule has 0 radical (unpaired) electrons. The Morgan fingerprint density at radius 3 is 2.35 bits per heavy atom. The van der Waals surface area contributed by atoms with Crippen LogP contribution in [0, 0.1) is 5.92 Å². The van der Waals surface area contributed by atoms with Gasteiger partial charge in [0.1, 0.15) is 0 Å². The average Bonchev–Trinajstić information content (AvgIpc) is 2.56. The van der Waals surface area contributed by atoms with Crippen LogP contribution in [0.5, 0.6) is 0 Å². The fourth-order valence-corrected chi connectivity index (χ4v) is 2.76. The molecule has 26 heavy (non-hydrogen) atoms. The van der Waals surface area contributed by atoms with Gasteiger partial charge in [-0.15, -0.1) is 0 Å². The summed E-state index contributed by atoms with van der Waals surface area (Å²) in [5, 5.41) is 5.63. The van der Waals surface area contributed by atoms with Crippen molar-refractivity contribution in [1.29, 1.82) is 0 Å². The molecular weight excluding hydrogens is 365 g/mol. The Labute approximate surface area is 155 Å². The molecule has 0 aromatic heterocycles. The molecule has 2 aromatic carbocycles. The number of amides is 1. The minimum atomic E-state index is -4.50. The molecule has 0 unspecified atom stereocenters. The van der Waals surface area contributed by atoms with Crippen LogP contribution in [0.1, 0.15) is 31.0 Å². The molecule has 0 aliphatic heterocycles. The Morgan fingerprint density at radius 1 is 1.12 bits per heavy atom. The van der Waals surface area contributed by atoms with Crippen molar-refractivity contribution in [2.45, 2.75) is 26.1 Å². The van der Waals surface area contributed by atoms with E-state index in [9.17, 15) is 18.0 Å². The van der Waals surface area contributed by atoms with E-state index in [4.69, 9.17) is 11.6 Å². The molecule has 0 spiro atoms. The molecular formula is C19H20ClF3N2O. The van der Waals surface area contributed by atoms with Gasteiger partial charge in [-0.3, -0.25) is 4.79 Å². The third-order valence-electron chi connectivity index (χ3n) is 3.88. The second-order valence-electron chi connectivity index (χ2n) is 6.25. The molecule has 0 saturated carbocycles. The highest BCUT2D eigenvalue weighted by atomic mass is 35.5. The number of rotatable bonds is 6. The summed E-state index contributed by atoms with van der Waals surface area (Å²) in [6, 6.07) is 12.4. The van der Waals surface area contributed by atoms with Crippen LogP contribution < -0.4 is 10.6 Å². The minimum absolute atomic E-state index is 0.0508. The predicted molar refractivity (Wildman–Crippen MR) is 97.1 cm³/mol. The van der Waals surface area contributed by atoms with E-state index in [0.29, 0.717) is 0 Å². The van der Waals surface area contributed by atoms with Crippen molar-refractivity contribution in [3.63, 3.8) is 0 Å². The van der Waals surface area contributed by atoms with Crippen LogP contribution in [-0.4, -0.2) is 12.5 Å². The third-order valence-corrected chi connectivity index (χ3v) is 4.21. The molecule has 140 valence electrons. The van der Waals surface area contributed by atoms with Gasteiger partial charge >= 0.3 is 6.18 Å². The van der Waals surface area contributed by atoms with Crippen LogP contribution >= 0.6 is 11.6 Å². The van der Waals surface area contributed by atoms with Gasteiger partial charge < -0.3 is 10.6 Å². The summed E-state index contributed by atoms with van der Waals surface area (Å²) in [5.41, 5.74) is 0.107. The van der Waals surface area contributed by atoms with E-state index in [-0.39, 0.29) is 29.2 Å². The largest absolute Gasteiger partial charge is 0.416 e. The van der Waals surface area contributed by atoms with E-state index >= 15 is 0 Å². The van der Waals surface area contributed by atoms with Gasteiger partial charge in [0.15, 0.2) is 0 Å². The van der Waals surface area contributed by atoms with Crippen molar-refractivity contribution in [2.24, 2.45) is 5.92 Å². The van der Waals surface area contributed by atoms with Crippen molar-refractivity contribution in [3.05, 3.63) is 64.7 Å². The summed E-state index contributed by atoms with van der Waals surface area (Å²) in [4.78, 5) is 12.2. The van der Waals surface area contributed by atoms with E-state index in [1.807, 2.05) is 44.2 Å².